The Morgan fingerprint density at radius 1 is 1.31 bits per heavy atom. The molecule has 0 saturated heterocycles. The molecule has 0 bridgehead atoms. The highest BCUT2D eigenvalue weighted by atomic mass is 16.6. The average molecular weight is 219 g/mol. The van der Waals surface area contributed by atoms with E-state index in [1.54, 1.807) is 6.07 Å². The number of hydrogen-bond donors (Lipinski definition) is 0. The summed E-state index contributed by atoms with van der Waals surface area (Å²) in [7, 11) is 0. The minimum Gasteiger partial charge on any atom is -0.455 e. The van der Waals surface area contributed by atoms with Gasteiger partial charge >= 0.3 is 5.97 Å². The van der Waals surface area contributed by atoms with Gasteiger partial charge in [0.15, 0.2) is 0 Å². The van der Waals surface area contributed by atoms with Gasteiger partial charge < -0.3 is 4.74 Å². The fourth-order valence-corrected chi connectivity index (χ4v) is 1.86. The molecular weight excluding hydrogens is 202 g/mol. The van der Waals surface area contributed by atoms with Crippen LogP contribution in [-0.4, -0.2) is 16.6 Å². The summed E-state index contributed by atoms with van der Waals surface area (Å²) in [5.74, 6) is -0.331. The summed E-state index contributed by atoms with van der Waals surface area (Å²) in [5, 5.41) is 0. The number of nitrogens with zero attached hydrogens (tertiary/aromatic N) is 1. The molecule has 0 spiro atoms. The summed E-state index contributed by atoms with van der Waals surface area (Å²) in [6.45, 7) is 5.58. The van der Waals surface area contributed by atoms with Crippen LogP contribution in [0.5, 0.6) is 0 Å². The second-order valence-corrected chi connectivity index (χ2v) is 5.16. The number of rotatable bonds is 1. The molecule has 1 aliphatic rings. The smallest absolute Gasteiger partial charge is 0.357 e. The van der Waals surface area contributed by atoms with Crippen molar-refractivity contribution >= 4 is 5.97 Å². The molecule has 0 saturated carbocycles. The van der Waals surface area contributed by atoms with Crippen molar-refractivity contribution in [2.45, 2.75) is 45.6 Å². The van der Waals surface area contributed by atoms with Crippen molar-refractivity contribution in [2.75, 3.05) is 0 Å². The van der Waals surface area contributed by atoms with E-state index in [1.807, 2.05) is 26.8 Å². The lowest BCUT2D eigenvalue weighted by Gasteiger charge is -2.19. The highest BCUT2D eigenvalue weighted by molar-refractivity contribution is 5.87. The third-order valence-corrected chi connectivity index (χ3v) is 2.54. The lowest BCUT2D eigenvalue weighted by molar-refractivity contribution is 0.00626. The van der Waals surface area contributed by atoms with E-state index < -0.39 is 5.60 Å². The monoisotopic (exact) mass is 219 g/mol. The van der Waals surface area contributed by atoms with E-state index in [0.29, 0.717) is 5.69 Å². The van der Waals surface area contributed by atoms with Crippen molar-refractivity contribution in [3.8, 4) is 0 Å². The Hall–Kier alpha value is -1.38. The third-order valence-electron chi connectivity index (χ3n) is 2.54. The molecule has 0 unspecified atom stereocenters. The number of carbonyl (C=O) groups is 1. The molecule has 0 amide bonds. The van der Waals surface area contributed by atoms with E-state index in [0.717, 1.165) is 25.0 Å². The maximum Gasteiger partial charge on any atom is 0.357 e. The number of aromatic nitrogens is 1. The second kappa shape index (κ2) is 3.89. The zero-order valence-corrected chi connectivity index (χ0v) is 10.0. The van der Waals surface area contributed by atoms with Crippen LogP contribution >= 0.6 is 0 Å². The molecule has 3 nitrogen and oxygen atoms in total. The van der Waals surface area contributed by atoms with Gasteiger partial charge in [-0.3, -0.25) is 0 Å². The van der Waals surface area contributed by atoms with Crippen molar-refractivity contribution in [3.05, 3.63) is 29.1 Å². The third kappa shape index (κ3) is 2.40. The van der Waals surface area contributed by atoms with Crippen LogP contribution in [0.15, 0.2) is 12.1 Å². The van der Waals surface area contributed by atoms with Gasteiger partial charge in [0.1, 0.15) is 11.3 Å². The number of aryl methyl sites for hydroxylation is 2. The molecule has 0 aromatic carbocycles. The first-order valence-corrected chi connectivity index (χ1v) is 5.68. The molecule has 0 radical (unpaired) electrons. The standard InChI is InChI=1S/C13H17NO2/c1-13(2,3)16-12(15)11-8-7-9-5-4-6-10(9)14-11/h7-8H,4-6H2,1-3H3. The molecule has 16 heavy (non-hydrogen) atoms. The summed E-state index contributed by atoms with van der Waals surface area (Å²) >= 11 is 0. The molecule has 1 aromatic heterocycles. The van der Waals surface area contributed by atoms with Gasteiger partial charge in [0.25, 0.3) is 0 Å². The predicted octanol–water partition coefficient (Wildman–Crippen LogP) is 2.53. The zero-order valence-electron chi connectivity index (χ0n) is 10.0. The maximum atomic E-state index is 11.8. The fourth-order valence-electron chi connectivity index (χ4n) is 1.86. The SMILES string of the molecule is CC(C)(C)OC(=O)c1ccc2c(n1)CCC2. The first kappa shape index (κ1) is 11.1. The topological polar surface area (TPSA) is 39.2 Å². The number of carbonyl (C=O) groups excluding carboxylic acids is 1. The molecule has 0 aliphatic heterocycles. The summed E-state index contributed by atoms with van der Waals surface area (Å²) in [6.07, 6.45) is 3.20. The lowest BCUT2D eigenvalue weighted by Crippen LogP contribution is -2.24. The van der Waals surface area contributed by atoms with Crippen LogP contribution < -0.4 is 0 Å². The van der Waals surface area contributed by atoms with Gasteiger partial charge in [0.2, 0.25) is 0 Å². The molecule has 1 aromatic rings. The Morgan fingerprint density at radius 2 is 2.06 bits per heavy atom. The Balaban J connectivity index is 2.19. The van der Waals surface area contributed by atoms with Crippen molar-refractivity contribution in [1.82, 2.24) is 4.98 Å². The molecular formula is C13H17NO2. The van der Waals surface area contributed by atoms with E-state index in [1.165, 1.54) is 5.56 Å². The van der Waals surface area contributed by atoms with Crippen molar-refractivity contribution in [1.29, 1.82) is 0 Å². The van der Waals surface area contributed by atoms with Crippen LogP contribution in [0.4, 0.5) is 0 Å². The summed E-state index contributed by atoms with van der Waals surface area (Å²) in [6, 6.07) is 3.76. The number of hydrogen-bond acceptors (Lipinski definition) is 3. The fraction of sp³-hybridized carbons (Fsp3) is 0.538. The van der Waals surface area contributed by atoms with Crippen LogP contribution in [0.3, 0.4) is 0 Å². The molecule has 2 rings (SSSR count). The van der Waals surface area contributed by atoms with E-state index in [4.69, 9.17) is 4.74 Å². The van der Waals surface area contributed by atoms with Gasteiger partial charge in [0, 0.05) is 5.69 Å². The van der Waals surface area contributed by atoms with Gasteiger partial charge in [-0.2, -0.15) is 0 Å². The van der Waals surface area contributed by atoms with E-state index >= 15 is 0 Å². The molecule has 0 atom stereocenters. The highest BCUT2D eigenvalue weighted by Crippen LogP contribution is 2.20. The number of esters is 1. The number of pyridine rings is 1. The molecule has 0 N–H and O–H groups in total. The van der Waals surface area contributed by atoms with Crippen LogP contribution in [0, 0.1) is 0 Å². The first-order valence-electron chi connectivity index (χ1n) is 5.68. The normalized spacial score (nSPS) is 14.7. The Labute approximate surface area is 95.8 Å². The highest BCUT2D eigenvalue weighted by Gasteiger charge is 2.21. The molecule has 1 aliphatic carbocycles. The lowest BCUT2D eigenvalue weighted by atomic mass is 10.2. The summed E-state index contributed by atoms with van der Waals surface area (Å²) in [4.78, 5) is 16.1. The van der Waals surface area contributed by atoms with Crippen LogP contribution in [0.25, 0.3) is 0 Å². The van der Waals surface area contributed by atoms with Crippen LogP contribution in [-0.2, 0) is 17.6 Å². The zero-order chi connectivity index (χ0) is 11.8. The summed E-state index contributed by atoms with van der Waals surface area (Å²) < 4.78 is 5.28. The summed E-state index contributed by atoms with van der Waals surface area (Å²) in [5.41, 5.74) is 2.30. The van der Waals surface area contributed by atoms with Gasteiger partial charge in [-0.05, 0) is 51.7 Å². The Morgan fingerprint density at radius 3 is 2.75 bits per heavy atom. The van der Waals surface area contributed by atoms with Crippen molar-refractivity contribution in [2.24, 2.45) is 0 Å². The van der Waals surface area contributed by atoms with Gasteiger partial charge in [-0.15, -0.1) is 0 Å². The predicted molar refractivity (Wildman–Crippen MR) is 61.4 cm³/mol. The van der Waals surface area contributed by atoms with E-state index in [9.17, 15) is 4.79 Å². The number of fused-ring (bicyclic) bond motifs is 1. The minimum absolute atomic E-state index is 0.331. The molecule has 86 valence electrons. The van der Waals surface area contributed by atoms with Gasteiger partial charge in [-0.25, -0.2) is 9.78 Å². The largest absolute Gasteiger partial charge is 0.455 e. The number of ether oxygens (including phenoxy) is 1. The quantitative estimate of drug-likeness (QED) is 0.681. The van der Waals surface area contributed by atoms with Crippen LogP contribution in [0.1, 0.15) is 48.9 Å². The second-order valence-electron chi connectivity index (χ2n) is 5.16. The first-order chi connectivity index (χ1) is 7.46. The van der Waals surface area contributed by atoms with Crippen LogP contribution in [0.2, 0.25) is 0 Å². The maximum absolute atomic E-state index is 11.8. The van der Waals surface area contributed by atoms with Crippen molar-refractivity contribution in [3.63, 3.8) is 0 Å². The van der Waals surface area contributed by atoms with Gasteiger partial charge in [0.05, 0.1) is 0 Å². The van der Waals surface area contributed by atoms with E-state index in [2.05, 4.69) is 4.98 Å². The molecule has 3 heteroatoms. The van der Waals surface area contributed by atoms with Gasteiger partial charge in [-0.1, -0.05) is 6.07 Å². The molecule has 1 heterocycles. The van der Waals surface area contributed by atoms with E-state index in [-0.39, 0.29) is 5.97 Å². The average Bonchev–Trinajstić information content (AvgIpc) is 2.61. The Kier molecular flexibility index (Phi) is 2.70. The Bertz CT molecular complexity index is 418. The van der Waals surface area contributed by atoms with Crippen molar-refractivity contribution < 1.29 is 9.53 Å². The minimum atomic E-state index is -0.461. The molecule has 0 fully saturated rings.